The van der Waals surface area contributed by atoms with Crippen LogP contribution in [0.3, 0.4) is 0 Å². The maximum absolute atomic E-state index is 5.96. The molecule has 0 saturated carbocycles. The summed E-state index contributed by atoms with van der Waals surface area (Å²) in [5.74, 6) is 0. The summed E-state index contributed by atoms with van der Waals surface area (Å²) < 4.78 is 0. The zero-order valence-electron chi connectivity index (χ0n) is 7.90. The summed E-state index contributed by atoms with van der Waals surface area (Å²) in [6.07, 6.45) is 0. The Morgan fingerprint density at radius 3 is 2.27 bits per heavy atom. The lowest BCUT2D eigenvalue weighted by Gasteiger charge is -2.12. The van der Waals surface area contributed by atoms with Gasteiger partial charge >= 0.3 is 0 Å². The van der Waals surface area contributed by atoms with Crippen molar-refractivity contribution >= 4 is 57.8 Å². The summed E-state index contributed by atoms with van der Waals surface area (Å²) in [7, 11) is 0. The van der Waals surface area contributed by atoms with E-state index in [1.165, 1.54) is 0 Å². The third kappa shape index (κ3) is 3.68. The van der Waals surface area contributed by atoms with Crippen molar-refractivity contribution in [2.75, 3.05) is 11.9 Å². The number of rotatable bonds is 2. The van der Waals surface area contributed by atoms with Crippen LogP contribution in [-0.4, -0.2) is 11.7 Å². The molecule has 0 heterocycles. The van der Waals surface area contributed by atoms with Gasteiger partial charge in [0, 0.05) is 11.6 Å². The normalized spacial score (nSPS) is 9.87. The van der Waals surface area contributed by atoms with Crippen molar-refractivity contribution in [3.63, 3.8) is 0 Å². The van der Waals surface area contributed by atoms with Crippen molar-refractivity contribution in [3.8, 4) is 0 Å². The van der Waals surface area contributed by atoms with Gasteiger partial charge in [-0.25, -0.2) is 0 Å². The first-order valence-corrected chi connectivity index (χ1v) is 5.78. The van der Waals surface area contributed by atoms with Crippen LogP contribution in [0, 0.1) is 0 Å². The molecule has 1 aromatic rings. The van der Waals surface area contributed by atoms with Crippen LogP contribution in [0.2, 0.25) is 15.1 Å². The zero-order chi connectivity index (χ0) is 11.4. The van der Waals surface area contributed by atoms with E-state index in [0.717, 1.165) is 6.54 Å². The van der Waals surface area contributed by atoms with E-state index in [4.69, 9.17) is 47.0 Å². The quantitative estimate of drug-likeness (QED) is 0.804. The van der Waals surface area contributed by atoms with E-state index in [1.807, 2.05) is 6.92 Å². The molecule has 1 rings (SSSR count). The zero-order valence-corrected chi connectivity index (χ0v) is 11.0. The average molecular weight is 284 g/mol. The molecule has 6 heteroatoms. The average Bonchev–Trinajstić information content (AvgIpc) is 2.11. The second-order valence-corrected chi connectivity index (χ2v) is 4.39. The standard InChI is InChI=1S/C9H9Cl3N2S/c1-2-13-9(15)14-8-6(11)3-5(10)4-7(8)12/h3-4H,2H2,1H3,(H2,13,14,15). The molecule has 0 aliphatic rings. The fraction of sp³-hybridized carbons (Fsp3) is 0.222. The molecule has 2 N–H and O–H groups in total. The fourth-order valence-electron chi connectivity index (χ4n) is 0.980. The van der Waals surface area contributed by atoms with Crippen LogP contribution >= 0.6 is 47.0 Å². The van der Waals surface area contributed by atoms with E-state index < -0.39 is 0 Å². The predicted octanol–water partition coefficient (Wildman–Crippen LogP) is 3.95. The predicted molar refractivity (Wildman–Crippen MR) is 71.4 cm³/mol. The van der Waals surface area contributed by atoms with Crippen molar-refractivity contribution < 1.29 is 0 Å². The van der Waals surface area contributed by atoms with Gasteiger partial charge in [0.2, 0.25) is 0 Å². The number of halogens is 3. The first-order chi connectivity index (χ1) is 7.04. The lowest BCUT2D eigenvalue weighted by atomic mass is 10.3. The molecule has 2 nitrogen and oxygen atoms in total. The highest BCUT2D eigenvalue weighted by atomic mass is 35.5. The molecular formula is C9H9Cl3N2S. The minimum atomic E-state index is 0.438. The molecule has 0 saturated heterocycles. The molecule has 0 aliphatic heterocycles. The summed E-state index contributed by atoms with van der Waals surface area (Å²) in [5, 5.41) is 7.68. The first-order valence-electron chi connectivity index (χ1n) is 4.24. The topological polar surface area (TPSA) is 24.1 Å². The highest BCUT2D eigenvalue weighted by molar-refractivity contribution is 7.80. The maximum Gasteiger partial charge on any atom is 0.170 e. The van der Waals surface area contributed by atoms with Crippen molar-refractivity contribution in [2.24, 2.45) is 0 Å². The van der Waals surface area contributed by atoms with Crippen LogP contribution in [0.1, 0.15) is 6.92 Å². The molecule has 0 atom stereocenters. The minimum Gasteiger partial charge on any atom is -0.363 e. The summed E-state index contributed by atoms with van der Waals surface area (Å²) in [6.45, 7) is 2.67. The second-order valence-electron chi connectivity index (χ2n) is 2.73. The maximum atomic E-state index is 5.96. The molecule has 1 aromatic carbocycles. The molecule has 0 spiro atoms. The number of anilines is 1. The lowest BCUT2D eigenvalue weighted by Crippen LogP contribution is -2.28. The van der Waals surface area contributed by atoms with Crippen LogP contribution in [0.15, 0.2) is 12.1 Å². The number of hydrogen-bond donors (Lipinski definition) is 2. The van der Waals surface area contributed by atoms with Crippen molar-refractivity contribution in [1.29, 1.82) is 0 Å². The molecule has 0 unspecified atom stereocenters. The van der Waals surface area contributed by atoms with Crippen LogP contribution in [0.5, 0.6) is 0 Å². The molecule has 0 aromatic heterocycles. The Morgan fingerprint density at radius 2 is 1.80 bits per heavy atom. The summed E-state index contributed by atoms with van der Waals surface area (Å²) in [6, 6.07) is 3.21. The Labute approximate surface area is 109 Å². The Morgan fingerprint density at radius 1 is 1.27 bits per heavy atom. The van der Waals surface area contributed by atoms with E-state index in [0.29, 0.717) is 25.9 Å². The van der Waals surface area contributed by atoms with Crippen molar-refractivity contribution in [2.45, 2.75) is 6.92 Å². The smallest absolute Gasteiger partial charge is 0.170 e. The summed E-state index contributed by atoms with van der Waals surface area (Å²) in [5.41, 5.74) is 0.564. The minimum absolute atomic E-state index is 0.438. The molecule has 0 amide bonds. The SMILES string of the molecule is CCNC(=S)Nc1c(Cl)cc(Cl)cc1Cl. The molecule has 15 heavy (non-hydrogen) atoms. The molecule has 0 aliphatic carbocycles. The van der Waals surface area contributed by atoms with Crippen LogP contribution in [0.4, 0.5) is 5.69 Å². The van der Waals surface area contributed by atoms with Gasteiger partial charge in [-0.3, -0.25) is 0 Å². The number of hydrogen-bond acceptors (Lipinski definition) is 1. The second kappa shape index (κ2) is 5.75. The van der Waals surface area contributed by atoms with Gasteiger partial charge in [0.1, 0.15) is 0 Å². The van der Waals surface area contributed by atoms with Gasteiger partial charge < -0.3 is 10.6 Å². The monoisotopic (exact) mass is 282 g/mol. The molecule has 0 radical (unpaired) electrons. The van der Waals surface area contributed by atoms with E-state index in [9.17, 15) is 0 Å². The van der Waals surface area contributed by atoms with Gasteiger partial charge in [-0.15, -0.1) is 0 Å². The Bertz CT molecular complexity index is 359. The summed E-state index contributed by atoms with van der Waals surface area (Å²) >= 11 is 22.7. The molecule has 82 valence electrons. The number of benzene rings is 1. The molecular weight excluding hydrogens is 275 g/mol. The van der Waals surface area contributed by atoms with Gasteiger partial charge in [-0.1, -0.05) is 34.8 Å². The Balaban J connectivity index is 2.90. The van der Waals surface area contributed by atoms with E-state index in [1.54, 1.807) is 12.1 Å². The van der Waals surface area contributed by atoms with Crippen LogP contribution in [0.25, 0.3) is 0 Å². The van der Waals surface area contributed by atoms with Gasteiger partial charge in [0.15, 0.2) is 5.11 Å². The van der Waals surface area contributed by atoms with Gasteiger partial charge in [-0.2, -0.15) is 0 Å². The summed E-state index contributed by atoms with van der Waals surface area (Å²) in [4.78, 5) is 0. The van der Waals surface area contributed by atoms with Gasteiger partial charge in [-0.05, 0) is 31.3 Å². The fourth-order valence-corrected chi connectivity index (χ4v) is 2.14. The Kier molecular flexibility index (Phi) is 4.93. The van der Waals surface area contributed by atoms with Crippen LogP contribution < -0.4 is 10.6 Å². The molecule has 0 bridgehead atoms. The number of nitrogens with one attached hydrogen (secondary N) is 2. The largest absolute Gasteiger partial charge is 0.363 e. The first kappa shape index (κ1) is 12.8. The van der Waals surface area contributed by atoms with E-state index in [-0.39, 0.29) is 0 Å². The third-order valence-corrected chi connectivity index (χ3v) is 2.64. The van der Waals surface area contributed by atoms with Gasteiger partial charge in [0.05, 0.1) is 15.7 Å². The lowest BCUT2D eigenvalue weighted by molar-refractivity contribution is 0.979. The van der Waals surface area contributed by atoms with E-state index in [2.05, 4.69) is 10.6 Å². The third-order valence-electron chi connectivity index (χ3n) is 1.58. The van der Waals surface area contributed by atoms with Crippen molar-refractivity contribution in [3.05, 3.63) is 27.2 Å². The van der Waals surface area contributed by atoms with Crippen molar-refractivity contribution in [1.82, 2.24) is 5.32 Å². The highest BCUT2D eigenvalue weighted by Crippen LogP contribution is 2.33. The Hall–Kier alpha value is -0.220. The van der Waals surface area contributed by atoms with Gasteiger partial charge in [0.25, 0.3) is 0 Å². The number of thiocarbonyl (C=S) groups is 1. The molecule has 0 fully saturated rings. The van der Waals surface area contributed by atoms with Crippen LogP contribution in [-0.2, 0) is 0 Å². The van der Waals surface area contributed by atoms with E-state index >= 15 is 0 Å². The highest BCUT2D eigenvalue weighted by Gasteiger charge is 2.08.